The lowest BCUT2D eigenvalue weighted by Gasteiger charge is -2.29. The van der Waals surface area contributed by atoms with Gasteiger partial charge in [0.15, 0.2) is 5.52 Å². The second-order valence-corrected chi connectivity index (χ2v) is 4.06. The van der Waals surface area contributed by atoms with Crippen LogP contribution in [-0.2, 0) is 0 Å². The van der Waals surface area contributed by atoms with Gasteiger partial charge in [-0.15, -0.1) is 12.4 Å². The van der Waals surface area contributed by atoms with Crippen molar-refractivity contribution in [1.29, 1.82) is 0 Å². The molecule has 8 nitrogen and oxygen atoms in total. The molecule has 1 saturated heterocycles. The predicted octanol–water partition coefficient (Wildman–Crippen LogP) is 0.962. The van der Waals surface area contributed by atoms with Crippen LogP contribution in [0.1, 0.15) is 0 Å². The Morgan fingerprint density at radius 2 is 1.95 bits per heavy atom. The third-order valence-corrected chi connectivity index (χ3v) is 3.03. The number of nitro groups is 1. The molecule has 1 aliphatic heterocycles. The van der Waals surface area contributed by atoms with E-state index in [1.165, 1.54) is 6.07 Å². The van der Waals surface area contributed by atoms with Crippen molar-refractivity contribution in [2.45, 2.75) is 0 Å². The number of piperazine rings is 1. The van der Waals surface area contributed by atoms with Crippen LogP contribution in [0, 0.1) is 10.1 Å². The van der Waals surface area contributed by atoms with Gasteiger partial charge in [-0.3, -0.25) is 10.1 Å². The second kappa shape index (κ2) is 5.37. The minimum atomic E-state index is -0.478. The summed E-state index contributed by atoms with van der Waals surface area (Å²) in [5, 5.41) is 21.5. The third kappa shape index (κ3) is 2.32. The summed E-state index contributed by atoms with van der Waals surface area (Å²) in [6, 6.07) is 3.15. The van der Waals surface area contributed by atoms with E-state index in [0.29, 0.717) is 5.52 Å². The maximum Gasteiger partial charge on any atom is 0.300 e. The van der Waals surface area contributed by atoms with Crippen molar-refractivity contribution in [3.8, 4) is 0 Å². The number of non-ortho nitro benzene ring substituents is 1. The van der Waals surface area contributed by atoms with Crippen LogP contribution in [0.4, 0.5) is 11.4 Å². The summed E-state index contributed by atoms with van der Waals surface area (Å²) in [7, 11) is 0. The molecule has 0 radical (unpaired) electrons. The number of nitro benzene ring substituents is 1. The maximum absolute atomic E-state index is 10.9. The summed E-state index contributed by atoms with van der Waals surface area (Å²) in [4.78, 5) is 12.5. The van der Waals surface area contributed by atoms with E-state index in [1.54, 1.807) is 6.07 Å². The Labute approximate surface area is 114 Å². The molecule has 19 heavy (non-hydrogen) atoms. The minimum absolute atomic E-state index is 0. The highest BCUT2D eigenvalue weighted by atomic mass is 35.5. The molecule has 0 amide bonds. The summed E-state index contributed by atoms with van der Waals surface area (Å²) < 4.78 is 4.64. The SMILES string of the molecule is Cl.O=[N+]([O-])c1ccc(N2CCNCC2)c2nonc12. The molecule has 1 N–H and O–H groups in total. The van der Waals surface area contributed by atoms with Gasteiger partial charge in [0.25, 0.3) is 0 Å². The summed E-state index contributed by atoms with van der Waals surface area (Å²) in [5.41, 5.74) is 1.41. The molecular formula is C10H12ClN5O3. The summed E-state index contributed by atoms with van der Waals surface area (Å²) in [5.74, 6) is 0. The fourth-order valence-electron chi connectivity index (χ4n) is 2.15. The molecule has 2 heterocycles. The fraction of sp³-hybridized carbons (Fsp3) is 0.400. The maximum atomic E-state index is 10.9. The first-order chi connectivity index (χ1) is 8.77. The molecule has 0 bridgehead atoms. The molecule has 3 rings (SSSR count). The molecular weight excluding hydrogens is 274 g/mol. The van der Waals surface area contributed by atoms with Crippen molar-refractivity contribution < 1.29 is 9.55 Å². The van der Waals surface area contributed by atoms with Crippen LogP contribution in [0.2, 0.25) is 0 Å². The Morgan fingerprint density at radius 1 is 1.26 bits per heavy atom. The van der Waals surface area contributed by atoms with Crippen LogP contribution in [0.3, 0.4) is 0 Å². The standard InChI is InChI=1S/C10H11N5O3.ClH/c16-15(17)8-2-1-7(9-10(8)13-18-12-9)14-5-3-11-4-6-14;/h1-2,11H,3-6H2;1H. The average Bonchev–Trinajstić information content (AvgIpc) is 2.87. The molecule has 1 aromatic carbocycles. The first-order valence-electron chi connectivity index (χ1n) is 5.62. The van der Waals surface area contributed by atoms with Gasteiger partial charge in [0, 0.05) is 32.2 Å². The Kier molecular flexibility index (Phi) is 3.82. The van der Waals surface area contributed by atoms with Crippen molar-refractivity contribution in [1.82, 2.24) is 15.6 Å². The lowest BCUT2D eigenvalue weighted by molar-refractivity contribution is -0.383. The number of benzene rings is 1. The zero-order chi connectivity index (χ0) is 12.5. The Bertz CT molecular complexity index is 596. The van der Waals surface area contributed by atoms with Crippen LogP contribution >= 0.6 is 12.4 Å². The van der Waals surface area contributed by atoms with Gasteiger partial charge in [-0.1, -0.05) is 0 Å². The van der Waals surface area contributed by atoms with Crippen molar-refractivity contribution in [2.75, 3.05) is 31.1 Å². The summed E-state index contributed by atoms with van der Waals surface area (Å²) in [6.45, 7) is 3.42. The molecule has 9 heteroatoms. The highest BCUT2D eigenvalue weighted by Gasteiger charge is 2.22. The lowest BCUT2D eigenvalue weighted by Crippen LogP contribution is -2.43. The van der Waals surface area contributed by atoms with E-state index in [4.69, 9.17) is 0 Å². The molecule has 1 fully saturated rings. The lowest BCUT2D eigenvalue weighted by atomic mass is 10.2. The largest absolute Gasteiger partial charge is 0.367 e. The van der Waals surface area contributed by atoms with Crippen LogP contribution in [0.25, 0.3) is 11.0 Å². The topological polar surface area (TPSA) is 97.3 Å². The van der Waals surface area contributed by atoms with Gasteiger partial charge < -0.3 is 10.2 Å². The number of rotatable bonds is 2. The highest BCUT2D eigenvalue weighted by molar-refractivity contribution is 5.93. The van der Waals surface area contributed by atoms with E-state index in [-0.39, 0.29) is 23.6 Å². The first kappa shape index (κ1) is 13.5. The van der Waals surface area contributed by atoms with Crippen molar-refractivity contribution >= 4 is 34.8 Å². The molecule has 1 aromatic heterocycles. The van der Waals surface area contributed by atoms with Crippen molar-refractivity contribution in [3.05, 3.63) is 22.2 Å². The molecule has 102 valence electrons. The predicted molar refractivity (Wildman–Crippen MR) is 70.8 cm³/mol. The number of nitrogens with zero attached hydrogens (tertiary/aromatic N) is 4. The molecule has 0 unspecified atom stereocenters. The van der Waals surface area contributed by atoms with Gasteiger partial charge in [0.05, 0.1) is 10.6 Å². The van der Waals surface area contributed by atoms with E-state index < -0.39 is 4.92 Å². The molecule has 1 aliphatic rings. The zero-order valence-electron chi connectivity index (χ0n) is 9.90. The summed E-state index contributed by atoms with van der Waals surface area (Å²) >= 11 is 0. The van der Waals surface area contributed by atoms with Crippen LogP contribution in [0.15, 0.2) is 16.8 Å². The van der Waals surface area contributed by atoms with Gasteiger partial charge >= 0.3 is 5.69 Å². The monoisotopic (exact) mass is 285 g/mol. The van der Waals surface area contributed by atoms with Crippen molar-refractivity contribution in [2.24, 2.45) is 0 Å². The summed E-state index contributed by atoms with van der Waals surface area (Å²) in [6.07, 6.45) is 0. The second-order valence-electron chi connectivity index (χ2n) is 4.06. The number of nitrogens with one attached hydrogen (secondary N) is 1. The molecule has 0 saturated carbocycles. The number of aromatic nitrogens is 2. The van der Waals surface area contributed by atoms with Crippen LogP contribution < -0.4 is 10.2 Å². The van der Waals surface area contributed by atoms with Crippen LogP contribution in [-0.4, -0.2) is 41.4 Å². The smallest absolute Gasteiger partial charge is 0.300 e. The van der Waals surface area contributed by atoms with Gasteiger partial charge in [-0.2, -0.15) is 0 Å². The number of halogens is 1. The van der Waals surface area contributed by atoms with E-state index in [2.05, 4.69) is 25.2 Å². The van der Waals surface area contributed by atoms with Crippen LogP contribution in [0.5, 0.6) is 0 Å². The van der Waals surface area contributed by atoms with Gasteiger partial charge in [0.1, 0.15) is 0 Å². The molecule has 0 spiro atoms. The van der Waals surface area contributed by atoms with E-state index >= 15 is 0 Å². The average molecular weight is 286 g/mol. The van der Waals surface area contributed by atoms with Gasteiger partial charge in [-0.05, 0) is 16.4 Å². The van der Waals surface area contributed by atoms with Gasteiger partial charge in [-0.25, -0.2) is 4.63 Å². The Morgan fingerprint density at radius 3 is 2.63 bits per heavy atom. The van der Waals surface area contributed by atoms with Gasteiger partial charge in [0.2, 0.25) is 5.52 Å². The third-order valence-electron chi connectivity index (χ3n) is 3.03. The number of anilines is 1. The first-order valence-corrected chi connectivity index (χ1v) is 5.62. The Hall–Kier alpha value is -1.93. The van der Waals surface area contributed by atoms with E-state index in [0.717, 1.165) is 31.9 Å². The molecule has 0 atom stereocenters. The molecule has 2 aromatic rings. The van der Waals surface area contributed by atoms with E-state index in [1.807, 2.05) is 0 Å². The highest BCUT2D eigenvalue weighted by Crippen LogP contribution is 2.31. The van der Waals surface area contributed by atoms with Crippen molar-refractivity contribution in [3.63, 3.8) is 0 Å². The number of hydrogen-bond donors (Lipinski definition) is 1. The fourth-order valence-corrected chi connectivity index (χ4v) is 2.15. The van der Waals surface area contributed by atoms with E-state index in [9.17, 15) is 10.1 Å². The Balaban J connectivity index is 0.00000133. The normalized spacial score (nSPS) is 15.3. The number of fused-ring (bicyclic) bond motifs is 1. The molecule has 0 aliphatic carbocycles. The quantitative estimate of drug-likeness (QED) is 0.648. The minimum Gasteiger partial charge on any atom is -0.367 e. The zero-order valence-corrected chi connectivity index (χ0v) is 10.7. The number of hydrogen-bond acceptors (Lipinski definition) is 7.